The Bertz CT molecular complexity index is 810. The molecule has 0 aliphatic carbocycles. The minimum absolute atomic E-state index is 0.127. The predicted molar refractivity (Wildman–Crippen MR) is 88.2 cm³/mol. The molecule has 1 aromatic heterocycles. The summed E-state index contributed by atoms with van der Waals surface area (Å²) < 4.78 is 28.3. The minimum atomic E-state index is -3.24. The van der Waals surface area contributed by atoms with Crippen LogP contribution in [0.3, 0.4) is 0 Å². The van der Waals surface area contributed by atoms with Crippen molar-refractivity contribution in [2.75, 3.05) is 6.26 Å². The first kappa shape index (κ1) is 18.1. The summed E-state index contributed by atoms with van der Waals surface area (Å²) in [6.07, 6.45) is 1.28. The minimum Gasteiger partial charge on any atom is -0.423 e. The summed E-state index contributed by atoms with van der Waals surface area (Å²) >= 11 is 0. The zero-order chi connectivity index (χ0) is 17.9. The maximum absolute atomic E-state index is 12.1. The third-order valence-electron chi connectivity index (χ3n) is 3.41. The van der Waals surface area contributed by atoms with Crippen molar-refractivity contribution in [3.8, 4) is 0 Å². The van der Waals surface area contributed by atoms with Gasteiger partial charge in [0.05, 0.1) is 11.3 Å². The first-order valence-electron chi connectivity index (χ1n) is 7.58. The van der Waals surface area contributed by atoms with Crippen LogP contribution in [0.5, 0.6) is 0 Å². The molecule has 0 saturated heterocycles. The van der Waals surface area contributed by atoms with Crippen LogP contribution >= 0.6 is 0 Å². The number of hydrogen-bond acceptors (Lipinski definition) is 6. The second-order valence-corrected chi connectivity index (χ2v) is 8.03. The van der Waals surface area contributed by atoms with Gasteiger partial charge in [-0.2, -0.15) is 0 Å². The molecule has 2 rings (SSSR count). The molecule has 0 radical (unpaired) electrons. The van der Waals surface area contributed by atoms with Gasteiger partial charge >= 0.3 is 0 Å². The number of sulfone groups is 1. The van der Waals surface area contributed by atoms with E-state index < -0.39 is 15.9 Å². The molecule has 130 valence electrons. The van der Waals surface area contributed by atoms with Crippen molar-refractivity contribution in [3.63, 3.8) is 0 Å². The van der Waals surface area contributed by atoms with Gasteiger partial charge < -0.3 is 9.73 Å². The number of nitrogens with zero attached hydrogens (tertiary/aromatic N) is 2. The number of benzene rings is 1. The number of nitrogens with one attached hydrogen (secondary N) is 1. The van der Waals surface area contributed by atoms with Crippen LogP contribution in [0, 0.1) is 0 Å². The Hall–Kier alpha value is -2.22. The van der Waals surface area contributed by atoms with Crippen molar-refractivity contribution in [1.82, 2.24) is 15.5 Å². The summed E-state index contributed by atoms with van der Waals surface area (Å²) in [5.41, 5.74) is 0.723. The van der Waals surface area contributed by atoms with Crippen molar-refractivity contribution in [2.45, 2.75) is 44.0 Å². The number of aromatic nitrogens is 2. The molecule has 7 nitrogen and oxygen atoms in total. The van der Waals surface area contributed by atoms with Gasteiger partial charge in [-0.15, -0.1) is 10.2 Å². The molecule has 1 aromatic carbocycles. The molecule has 0 bridgehead atoms. The fraction of sp³-hybridized carbons (Fsp3) is 0.438. The van der Waals surface area contributed by atoms with Gasteiger partial charge in [-0.25, -0.2) is 8.42 Å². The summed E-state index contributed by atoms with van der Waals surface area (Å²) in [6.45, 7) is 5.66. The molecule has 0 spiro atoms. The highest BCUT2D eigenvalue weighted by atomic mass is 32.2. The van der Waals surface area contributed by atoms with Gasteiger partial charge in [0.2, 0.25) is 17.7 Å². The number of hydrogen-bond donors (Lipinski definition) is 1. The third-order valence-corrected chi connectivity index (χ3v) is 4.54. The standard InChI is InChI=1S/C16H21N3O4S/c1-10(2)15-18-19-16(23-15)11(3)17-14(20)9-12-5-7-13(8-6-12)24(4,21)22/h5-8,10-11H,9H2,1-4H3,(H,17,20)/t11-/m0/s1. The normalized spacial score (nSPS) is 13.0. The number of rotatable bonds is 6. The van der Waals surface area contributed by atoms with E-state index in [2.05, 4.69) is 15.5 Å². The summed E-state index contributed by atoms with van der Waals surface area (Å²) in [7, 11) is -3.24. The Morgan fingerprint density at radius 2 is 1.71 bits per heavy atom. The fourth-order valence-corrected chi connectivity index (χ4v) is 2.68. The van der Waals surface area contributed by atoms with E-state index >= 15 is 0 Å². The lowest BCUT2D eigenvalue weighted by Gasteiger charge is -2.10. The lowest BCUT2D eigenvalue weighted by atomic mass is 10.1. The Morgan fingerprint density at radius 1 is 1.12 bits per heavy atom. The molecule has 0 aliphatic rings. The van der Waals surface area contributed by atoms with Crippen LogP contribution in [0.1, 0.15) is 50.1 Å². The highest BCUT2D eigenvalue weighted by Crippen LogP contribution is 2.17. The van der Waals surface area contributed by atoms with Gasteiger partial charge in [0.1, 0.15) is 6.04 Å². The van der Waals surface area contributed by atoms with Crippen LogP contribution in [0.15, 0.2) is 33.6 Å². The molecular formula is C16H21N3O4S. The van der Waals surface area contributed by atoms with Gasteiger partial charge in [0.25, 0.3) is 0 Å². The predicted octanol–water partition coefficient (Wildman–Crippen LogP) is 2.02. The summed E-state index contributed by atoms with van der Waals surface area (Å²) in [5, 5.41) is 10.7. The average Bonchev–Trinajstić information content (AvgIpc) is 2.96. The molecular weight excluding hydrogens is 330 g/mol. The zero-order valence-corrected chi connectivity index (χ0v) is 14.9. The van der Waals surface area contributed by atoms with Gasteiger partial charge in [-0.3, -0.25) is 4.79 Å². The molecule has 2 aromatic rings. The fourth-order valence-electron chi connectivity index (χ4n) is 2.05. The van der Waals surface area contributed by atoms with Crippen LogP contribution in [0.4, 0.5) is 0 Å². The highest BCUT2D eigenvalue weighted by Gasteiger charge is 2.18. The van der Waals surface area contributed by atoms with Crippen LogP contribution in [-0.2, 0) is 21.1 Å². The molecule has 0 unspecified atom stereocenters. The Labute approximate surface area is 141 Å². The number of carbonyl (C=O) groups excluding carboxylic acids is 1. The molecule has 24 heavy (non-hydrogen) atoms. The Balaban J connectivity index is 1.97. The smallest absolute Gasteiger partial charge is 0.238 e. The largest absolute Gasteiger partial charge is 0.423 e. The topological polar surface area (TPSA) is 102 Å². The maximum Gasteiger partial charge on any atom is 0.238 e. The lowest BCUT2D eigenvalue weighted by molar-refractivity contribution is -0.121. The second-order valence-electron chi connectivity index (χ2n) is 6.02. The SMILES string of the molecule is CC(C)c1nnc([C@H](C)NC(=O)Cc2ccc(S(C)(=O)=O)cc2)o1. The van der Waals surface area contributed by atoms with Gasteiger partial charge in [0.15, 0.2) is 9.84 Å². The van der Waals surface area contributed by atoms with E-state index in [1.165, 1.54) is 12.1 Å². The molecule has 1 heterocycles. The molecule has 1 N–H and O–H groups in total. The van der Waals surface area contributed by atoms with E-state index in [1.54, 1.807) is 19.1 Å². The van der Waals surface area contributed by atoms with E-state index in [1.807, 2.05) is 13.8 Å². The first-order chi connectivity index (χ1) is 11.2. The van der Waals surface area contributed by atoms with E-state index in [-0.39, 0.29) is 23.1 Å². The zero-order valence-electron chi connectivity index (χ0n) is 14.1. The monoisotopic (exact) mass is 351 g/mol. The lowest BCUT2D eigenvalue weighted by Crippen LogP contribution is -2.28. The van der Waals surface area contributed by atoms with Crippen molar-refractivity contribution in [3.05, 3.63) is 41.6 Å². The van der Waals surface area contributed by atoms with Crippen molar-refractivity contribution in [1.29, 1.82) is 0 Å². The molecule has 1 atom stereocenters. The highest BCUT2D eigenvalue weighted by molar-refractivity contribution is 7.90. The van der Waals surface area contributed by atoms with Crippen molar-refractivity contribution < 1.29 is 17.6 Å². The maximum atomic E-state index is 12.1. The first-order valence-corrected chi connectivity index (χ1v) is 9.47. The molecule has 0 aliphatic heterocycles. The van der Waals surface area contributed by atoms with Crippen LogP contribution in [-0.4, -0.2) is 30.8 Å². The van der Waals surface area contributed by atoms with Crippen LogP contribution < -0.4 is 5.32 Å². The summed E-state index contributed by atoms with van der Waals surface area (Å²) in [6, 6.07) is 5.85. The third kappa shape index (κ3) is 4.64. The van der Waals surface area contributed by atoms with E-state index in [0.717, 1.165) is 11.8 Å². The molecule has 1 amide bonds. The van der Waals surface area contributed by atoms with Crippen molar-refractivity contribution >= 4 is 15.7 Å². The molecule has 8 heteroatoms. The van der Waals surface area contributed by atoms with Gasteiger partial charge in [0, 0.05) is 12.2 Å². The van der Waals surface area contributed by atoms with Crippen molar-refractivity contribution in [2.24, 2.45) is 0 Å². The van der Waals surface area contributed by atoms with E-state index in [4.69, 9.17) is 4.42 Å². The molecule has 0 fully saturated rings. The quantitative estimate of drug-likeness (QED) is 0.854. The van der Waals surface area contributed by atoms with Gasteiger partial charge in [-0.1, -0.05) is 26.0 Å². The van der Waals surface area contributed by atoms with E-state index in [9.17, 15) is 13.2 Å². The Kier molecular flexibility index (Phi) is 5.38. The number of amides is 1. The number of carbonyl (C=O) groups is 1. The van der Waals surface area contributed by atoms with E-state index in [0.29, 0.717) is 11.8 Å². The van der Waals surface area contributed by atoms with Crippen LogP contribution in [0.2, 0.25) is 0 Å². The van der Waals surface area contributed by atoms with Crippen LogP contribution in [0.25, 0.3) is 0 Å². The summed E-state index contributed by atoms with van der Waals surface area (Å²) in [5.74, 6) is 0.809. The summed E-state index contributed by atoms with van der Waals surface area (Å²) in [4.78, 5) is 12.3. The Morgan fingerprint density at radius 3 is 2.21 bits per heavy atom. The molecule has 0 saturated carbocycles. The van der Waals surface area contributed by atoms with Gasteiger partial charge in [-0.05, 0) is 24.6 Å². The average molecular weight is 351 g/mol. The second kappa shape index (κ2) is 7.12.